The molecular formula is C19H17BrN2OS. The molecule has 2 aromatic rings. The van der Waals surface area contributed by atoms with Gasteiger partial charge in [-0.2, -0.15) is 0 Å². The maximum absolute atomic E-state index is 12.7. The summed E-state index contributed by atoms with van der Waals surface area (Å²) in [5.74, 6) is 0.341. The van der Waals surface area contributed by atoms with Crippen LogP contribution < -0.4 is 10.2 Å². The van der Waals surface area contributed by atoms with E-state index in [1.165, 1.54) is 10.5 Å². The number of hydrogen-bond acceptors (Lipinski definition) is 2. The molecule has 0 atom stereocenters. The first-order valence-corrected chi connectivity index (χ1v) is 8.88. The minimum absolute atomic E-state index is 0.143. The lowest BCUT2D eigenvalue weighted by Crippen LogP contribution is -2.30. The Morgan fingerprint density at radius 2 is 1.71 bits per heavy atom. The fourth-order valence-corrected chi connectivity index (χ4v) is 3.07. The van der Waals surface area contributed by atoms with E-state index in [2.05, 4.69) is 47.2 Å². The minimum Gasteiger partial charge on any atom is -0.327 e. The van der Waals surface area contributed by atoms with Crippen LogP contribution in [0.2, 0.25) is 0 Å². The molecule has 0 radical (unpaired) electrons. The highest BCUT2D eigenvalue weighted by Gasteiger charge is 2.31. The number of carbonyl (C=O) groups is 1. The number of carbonyl (C=O) groups excluding carboxylic acids is 1. The Bertz CT molecular complexity index is 810. The fourth-order valence-electron chi connectivity index (χ4n) is 2.50. The number of anilines is 1. The molecule has 1 N–H and O–H groups in total. The Morgan fingerprint density at radius 1 is 1.08 bits per heavy atom. The van der Waals surface area contributed by atoms with E-state index in [-0.39, 0.29) is 5.91 Å². The Hall–Kier alpha value is -1.98. The van der Waals surface area contributed by atoms with Crippen LogP contribution in [0.3, 0.4) is 0 Å². The van der Waals surface area contributed by atoms with Crippen molar-refractivity contribution in [2.24, 2.45) is 0 Å². The molecule has 3 rings (SSSR count). The second-order valence-corrected chi connectivity index (χ2v) is 7.23. The van der Waals surface area contributed by atoms with Crippen molar-refractivity contribution in [2.75, 3.05) is 4.90 Å². The fraction of sp³-hybridized carbons (Fsp3) is 0.158. The van der Waals surface area contributed by atoms with E-state index in [0.717, 1.165) is 15.7 Å². The Balaban J connectivity index is 1.86. The molecule has 1 aliphatic rings. The molecule has 0 aromatic heterocycles. The minimum atomic E-state index is -0.143. The van der Waals surface area contributed by atoms with Crippen LogP contribution in [0.15, 0.2) is 58.7 Å². The summed E-state index contributed by atoms with van der Waals surface area (Å²) in [6.07, 6.45) is 1.83. The standard InChI is InChI=1S/C19H17BrN2OS/c1-12(2)14-5-3-13(4-6-14)11-17-18(23)22(19(24)21-17)16-9-7-15(20)8-10-16/h3-12H,1-2H3,(H,21,24). The number of nitrogens with zero attached hydrogens (tertiary/aromatic N) is 1. The summed E-state index contributed by atoms with van der Waals surface area (Å²) >= 11 is 8.72. The second kappa shape index (κ2) is 6.87. The maximum Gasteiger partial charge on any atom is 0.281 e. The number of halogens is 1. The van der Waals surface area contributed by atoms with Gasteiger partial charge in [-0.15, -0.1) is 0 Å². The van der Waals surface area contributed by atoms with Gasteiger partial charge in [0.15, 0.2) is 5.11 Å². The van der Waals surface area contributed by atoms with Crippen molar-refractivity contribution >= 4 is 50.9 Å². The number of amides is 1. The number of rotatable bonds is 3. The van der Waals surface area contributed by atoms with E-state index in [1.807, 2.05) is 42.5 Å². The lowest BCUT2D eigenvalue weighted by molar-refractivity contribution is -0.113. The van der Waals surface area contributed by atoms with E-state index in [1.54, 1.807) is 0 Å². The number of thiocarbonyl (C=S) groups is 1. The smallest absolute Gasteiger partial charge is 0.281 e. The van der Waals surface area contributed by atoms with E-state index >= 15 is 0 Å². The lowest BCUT2D eigenvalue weighted by Gasteiger charge is -2.13. The number of nitrogens with one attached hydrogen (secondary N) is 1. The van der Waals surface area contributed by atoms with Crippen molar-refractivity contribution in [1.82, 2.24) is 5.32 Å². The van der Waals surface area contributed by atoms with Crippen molar-refractivity contribution in [3.05, 3.63) is 69.8 Å². The molecular weight excluding hydrogens is 384 g/mol. The van der Waals surface area contributed by atoms with E-state index < -0.39 is 0 Å². The molecule has 122 valence electrons. The summed E-state index contributed by atoms with van der Waals surface area (Å²) in [5, 5.41) is 3.41. The molecule has 1 saturated heterocycles. The van der Waals surface area contributed by atoms with Gasteiger partial charge in [-0.05, 0) is 59.6 Å². The van der Waals surface area contributed by atoms with Crippen LogP contribution in [0, 0.1) is 0 Å². The third-order valence-electron chi connectivity index (χ3n) is 3.88. The summed E-state index contributed by atoms with van der Waals surface area (Å²) in [6, 6.07) is 15.7. The van der Waals surface area contributed by atoms with Crippen LogP contribution in [0.5, 0.6) is 0 Å². The molecule has 0 saturated carbocycles. The van der Waals surface area contributed by atoms with Crippen LogP contribution in [0.1, 0.15) is 30.9 Å². The molecule has 0 unspecified atom stereocenters. The predicted octanol–water partition coefficient (Wildman–Crippen LogP) is 4.83. The maximum atomic E-state index is 12.7. The van der Waals surface area contributed by atoms with Crippen molar-refractivity contribution in [3.8, 4) is 0 Å². The third-order valence-corrected chi connectivity index (χ3v) is 4.69. The van der Waals surface area contributed by atoms with E-state index in [9.17, 15) is 4.79 Å². The SMILES string of the molecule is CC(C)c1ccc(C=C2NC(=S)N(c3ccc(Br)cc3)C2=O)cc1. The van der Waals surface area contributed by atoms with Gasteiger partial charge in [0.2, 0.25) is 0 Å². The molecule has 1 fully saturated rings. The zero-order valence-electron chi connectivity index (χ0n) is 13.4. The molecule has 24 heavy (non-hydrogen) atoms. The molecule has 1 amide bonds. The van der Waals surface area contributed by atoms with Crippen LogP contribution >= 0.6 is 28.1 Å². The first kappa shape index (κ1) is 16.9. The van der Waals surface area contributed by atoms with Gasteiger partial charge in [-0.1, -0.05) is 54.0 Å². The number of hydrogen-bond donors (Lipinski definition) is 1. The van der Waals surface area contributed by atoms with Gasteiger partial charge in [0.25, 0.3) is 5.91 Å². The molecule has 0 spiro atoms. The highest BCUT2D eigenvalue weighted by molar-refractivity contribution is 9.10. The third kappa shape index (κ3) is 3.42. The van der Waals surface area contributed by atoms with Gasteiger partial charge in [-0.3, -0.25) is 9.69 Å². The summed E-state index contributed by atoms with van der Waals surface area (Å²) in [5.41, 5.74) is 3.48. The summed E-state index contributed by atoms with van der Waals surface area (Å²) in [7, 11) is 0. The largest absolute Gasteiger partial charge is 0.327 e. The van der Waals surface area contributed by atoms with E-state index in [4.69, 9.17) is 12.2 Å². The first-order chi connectivity index (χ1) is 11.5. The lowest BCUT2D eigenvalue weighted by atomic mass is 10.0. The Labute approximate surface area is 155 Å². The molecule has 5 heteroatoms. The zero-order valence-corrected chi connectivity index (χ0v) is 15.8. The van der Waals surface area contributed by atoms with E-state index in [0.29, 0.717) is 16.7 Å². The Kier molecular flexibility index (Phi) is 4.83. The molecule has 0 aliphatic carbocycles. The summed E-state index contributed by atoms with van der Waals surface area (Å²) in [6.45, 7) is 4.31. The predicted molar refractivity (Wildman–Crippen MR) is 106 cm³/mol. The highest BCUT2D eigenvalue weighted by atomic mass is 79.9. The van der Waals surface area contributed by atoms with Crippen molar-refractivity contribution in [3.63, 3.8) is 0 Å². The zero-order chi connectivity index (χ0) is 17.3. The van der Waals surface area contributed by atoms with Crippen molar-refractivity contribution < 1.29 is 4.79 Å². The second-order valence-electron chi connectivity index (χ2n) is 5.93. The van der Waals surface area contributed by atoms with Crippen LogP contribution in [-0.4, -0.2) is 11.0 Å². The van der Waals surface area contributed by atoms with Crippen LogP contribution in [0.4, 0.5) is 5.69 Å². The Morgan fingerprint density at radius 3 is 2.29 bits per heavy atom. The first-order valence-electron chi connectivity index (χ1n) is 7.68. The van der Waals surface area contributed by atoms with Gasteiger partial charge < -0.3 is 5.32 Å². The summed E-state index contributed by atoms with van der Waals surface area (Å²) < 4.78 is 0.956. The normalized spacial score (nSPS) is 16.2. The van der Waals surface area contributed by atoms with Gasteiger partial charge in [0.05, 0.1) is 5.69 Å². The van der Waals surface area contributed by atoms with Crippen LogP contribution in [0.25, 0.3) is 6.08 Å². The molecule has 2 aromatic carbocycles. The topological polar surface area (TPSA) is 32.3 Å². The monoisotopic (exact) mass is 400 g/mol. The van der Waals surface area contributed by atoms with Gasteiger partial charge in [0, 0.05) is 4.47 Å². The van der Waals surface area contributed by atoms with Gasteiger partial charge in [0.1, 0.15) is 5.70 Å². The average molecular weight is 401 g/mol. The molecule has 3 nitrogen and oxygen atoms in total. The van der Waals surface area contributed by atoms with Gasteiger partial charge >= 0.3 is 0 Å². The summed E-state index contributed by atoms with van der Waals surface area (Å²) in [4.78, 5) is 14.2. The average Bonchev–Trinajstić information content (AvgIpc) is 2.83. The van der Waals surface area contributed by atoms with Crippen molar-refractivity contribution in [2.45, 2.75) is 19.8 Å². The van der Waals surface area contributed by atoms with Gasteiger partial charge in [-0.25, -0.2) is 0 Å². The van der Waals surface area contributed by atoms with Crippen LogP contribution in [-0.2, 0) is 4.79 Å². The number of benzene rings is 2. The molecule has 1 aliphatic heterocycles. The molecule has 1 heterocycles. The van der Waals surface area contributed by atoms with Crippen molar-refractivity contribution in [1.29, 1.82) is 0 Å². The quantitative estimate of drug-likeness (QED) is 0.591. The molecule has 0 bridgehead atoms. The highest BCUT2D eigenvalue weighted by Crippen LogP contribution is 2.24.